The maximum absolute atomic E-state index is 14.0. The summed E-state index contributed by atoms with van der Waals surface area (Å²) in [6.45, 7) is 6.09. The Morgan fingerprint density at radius 2 is 1.68 bits per heavy atom. The van der Waals surface area contributed by atoms with Gasteiger partial charge >= 0.3 is 6.09 Å². The lowest BCUT2D eigenvalue weighted by molar-refractivity contribution is -0.118. The fourth-order valence-corrected chi connectivity index (χ4v) is 6.84. The monoisotopic (exact) mass is 654 g/mol. The highest BCUT2D eigenvalue weighted by atomic mass is 32.1. The molecule has 1 saturated heterocycles. The first-order valence-corrected chi connectivity index (χ1v) is 17.2. The number of Topliss-reactive ketones (excluding diaryl/α,β-unsaturated/α-hetero) is 1. The zero-order valence-electron chi connectivity index (χ0n) is 26.8. The van der Waals surface area contributed by atoms with Crippen LogP contribution in [0.25, 0.3) is 20.5 Å². The normalized spacial score (nSPS) is 13.6. The number of aromatic hydroxyl groups is 1. The second-order valence-corrected chi connectivity index (χ2v) is 12.7. The minimum atomic E-state index is -0.604. The van der Waals surface area contributed by atoms with E-state index < -0.39 is 6.09 Å². The van der Waals surface area contributed by atoms with Crippen molar-refractivity contribution in [3.8, 4) is 27.7 Å². The van der Waals surface area contributed by atoms with Crippen molar-refractivity contribution in [1.29, 1.82) is 0 Å². The molecule has 1 aliphatic rings. The minimum Gasteiger partial charge on any atom is -0.508 e. The molecule has 2 heterocycles. The first kappa shape index (κ1) is 33.9. The third-order valence-corrected chi connectivity index (χ3v) is 9.32. The summed E-state index contributed by atoms with van der Waals surface area (Å²) >= 11 is 1.42. The van der Waals surface area contributed by atoms with Gasteiger partial charge in [-0.15, -0.1) is 11.3 Å². The third-order valence-electron chi connectivity index (χ3n) is 8.12. The van der Waals surface area contributed by atoms with E-state index in [0.29, 0.717) is 49.3 Å². The number of hydrogen-bond acceptors (Lipinski definition) is 8. The Hall–Kier alpha value is -4.47. The fourth-order valence-electron chi connectivity index (χ4n) is 5.61. The number of ether oxygens (including phenoxy) is 2. The number of carbonyl (C=O) groups is 3. The van der Waals surface area contributed by atoms with Crippen molar-refractivity contribution in [2.24, 2.45) is 0 Å². The van der Waals surface area contributed by atoms with Gasteiger partial charge in [-0.3, -0.25) is 14.5 Å². The van der Waals surface area contributed by atoms with Crippen LogP contribution in [0.3, 0.4) is 0 Å². The van der Waals surface area contributed by atoms with Crippen LogP contribution in [-0.2, 0) is 4.79 Å². The van der Waals surface area contributed by atoms with Crippen molar-refractivity contribution < 1.29 is 29.0 Å². The number of phenolic OH excluding ortho intramolecular Hbond substituents is 1. The molecule has 8 nitrogen and oxygen atoms in total. The topological polar surface area (TPSA) is 105 Å². The molecule has 1 fully saturated rings. The van der Waals surface area contributed by atoms with Crippen molar-refractivity contribution >= 4 is 39.1 Å². The van der Waals surface area contributed by atoms with Gasteiger partial charge in [-0.25, -0.2) is 4.79 Å². The van der Waals surface area contributed by atoms with Gasteiger partial charge in [0, 0.05) is 52.0 Å². The number of fused-ring (bicyclic) bond motifs is 1. The lowest BCUT2D eigenvalue weighted by Gasteiger charge is -2.26. The van der Waals surface area contributed by atoms with E-state index in [1.54, 1.807) is 54.6 Å². The van der Waals surface area contributed by atoms with Gasteiger partial charge in [0.05, 0.1) is 0 Å². The minimum absolute atomic E-state index is 0.134. The number of phenols is 1. The Bertz CT molecular complexity index is 1690. The first-order chi connectivity index (χ1) is 22.9. The van der Waals surface area contributed by atoms with Crippen molar-refractivity contribution in [3.63, 3.8) is 0 Å². The molecule has 1 aromatic heterocycles. The van der Waals surface area contributed by atoms with E-state index in [-0.39, 0.29) is 17.3 Å². The van der Waals surface area contributed by atoms with Crippen LogP contribution in [0.1, 0.15) is 67.8 Å². The molecule has 47 heavy (non-hydrogen) atoms. The van der Waals surface area contributed by atoms with Crippen LogP contribution in [0.5, 0.6) is 17.2 Å². The number of piperidine rings is 1. The SMILES string of the molecule is CC/C=C\CC(=O)CCCNC(=O)Oc1ccc2c(C(=O)c3ccc(OCCN4CCCCC4)cc3)c(-c3ccc(O)cc3)sc2c1. The molecule has 0 bridgehead atoms. The number of rotatable bonds is 15. The summed E-state index contributed by atoms with van der Waals surface area (Å²) < 4.78 is 12.3. The van der Waals surface area contributed by atoms with Crippen LogP contribution in [0.4, 0.5) is 4.79 Å². The summed E-state index contributed by atoms with van der Waals surface area (Å²) in [6.07, 6.45) is 9.26. The van der Waals surface area contributed by atoms with Crippen LogP contribution in [-0.4, -0.2) is 60.5 Å². The Kier molecular flexibility index (Phi) is 12.2. The summed E-state index contributed by atoms with van der Waals surface area (Å²) in [7, 11) is 0. The number of allylic oxidation sites excluding steroid dienone is 2. The highest BCUT2D eigenvalue weighted by molar-refractivity contribution is 7.22. The largest absolute Gasteiger partial charge is 0.508 e. The van der Waals surface area contributed by atoms with Crippen LogP contribution >= 0.6 is 11.3 Å². The highest BCUT2D eigenvalue weighted by Crippen LogP contribution is 2.41. The standard InChI is InChI=1S/C38H42N2O6S/c1-2-3-5-9-29(41)10-8-21-39-38(44)46-32-19-20-33-34(26-32)47-37(28-11-15-30(42)16-12-28)35(33)36(43)27-13-17-31(18-14-27)45-25-24-40-22-6-4-7-23-40/h3,5,11-20,26,42H,2,4,6-10,21-25H2,1H3,(H,39,44)/b5-3-. The molecule has 5 rings (SSSR count). The molecule has 0 unspecified atom stereocenters. The number of nitrogens with one attached hydrogen (secondary N) is 1. The van der Waals surface area contributed by atoms with Crippen molar-refractivity contribution in [1.82, 2.24) is 10.2 Å². The summed E-state index contributed by atoms with van der Waals surface area (Å²) in [5, 5.41) is 13.3. The predicted octanol–water partition coefficient (Wildman–Crippen LogP) is 8.16. The summed E-state index contributed by atoms with van der Waals surface area (Å²) in [4.78, 5) is 41.6. The molecule has 1 amide bonds. The average molecular weight is 655 g/mol. The molecule has 1 aliphatic heterocycles. The summed E-state index contributed by atoms with van der Waals surface area (Å²) in [6, 6.07) is 19.2. The van der Waals surface area contributed by atoms with E-state index in [4.69, 9.17) is 9.47 Å². The van der Waals surface area contributed by atoms with Gasteiger partial charge in [0.15, 0.2) is 5.78 Å². The quantitative estimate of drug-likeness (QED) is 0.0757. The van der Waals surface area contributed by atoms with E-state index in [1.165, 1.54) is 30.6 Å². The Balaban J connectivity index is 1.27. The molecular formula is C38H42N2O6S. The van der Waals surface area contributed by atoms with Crippen LogP contribution in [0.15, 0.2) is 78.9 Å². The van der Waals surface area contributed by atoms with Gasteiger partial charge in [-0.1, -0.05) is 25.5 Å². The average Bonchev–Trinajstić information content (AvgIpc) is 3.46. The second kappa shape index (κ2) is 16.9. The van der Waals surface area contributed by atoms with Gasteiger partial charge in [-0.2, -0.15) is 0 Å². The molecule has 3 aromatic carbocycles. The summed E-state index contributed by atoms with van der Waals surface area (Å²) in [5.74, 6) is 1.21. The number of thiophene rings is 1. The van der Waals surface area contributed by atoms with E-state index >= 15 is 0 Å². The van der Waals surface area contributed by atoms with Gasteiger partial charge in [0.1, 0.15) is 29.6 Å². The lowest BCUT2D eigenvalue weighted by Crippen LogP contribution is -2.33. The molecule has 2 N–H and O–H groups in total. The van der Waals surface area contributed by atoms with Gasteiger partial charge in [0.2, 0.25) is 0 Å². The third kappa shape index (κ3) is 9.53. The number of amides is 1. The van der Waals surface area contributed by atoms with Crippen LogP contribution in [0, 0.1) is 0 Å². The molecule has 0 radical (unpaired) electrons. The Morgan fingerprint density at radius 3 is 2.43 bits per heavy atom. The number of ketones is 2. The van der Waals surface area contributed by atoms with Crippen molar-refractivity contribution in [2.75, 3.05) is 32.8 Å². The zero-order valence-corrected chi connectivity index (χ0v) is 27.7. The Labute approximate surface area is 280 Å². The number of carbonyl (C=O) groups excluding carboxylic acids is 3. The van der Waals surface area contributed by atoms with Crippen LogP contribution in [0.2, 0.25) is 0 Å². The number of hydrogen-bond donors (Lipinski definition) is 2. The summed E-state index contributed by atoms with van der Waals surface area (Å²) in [5.41, 5.74) is 1.88. The smallest absolute Gasteiger partial charge is 0.412 e. The molecule has 0 atom stereocenters. The van der Waals surface area contributed by atoms with Gasteiger partial charge in [0.25, 0.3) is 0 Å². The van der Waals surface area contributed by atoms with Crippen molar-refractivity contribution in [2.45, 2.75) is 51.9 Å². The number of nitrogens with zero attached hydrogens (tertiary/aromatic N) is 1. The van der Waals surface area contributed by atoms with Gasteiger partial charge < -0.3 is 19.9 Å². The highest BCUT2D eigenvalue weighted by Gasteiger charge is 2.22. The van der Waals surface area contributed by atoms with Crippen LogP contribution < -0.4 is 14.8 Å². The van der Waals surface area contributed by atoms with E-state index in [9.17, 15) is 19.5 Å². The molecule has 0 aliphatic carbocycles. The number of likely N-dealkylation sites (tertiary alicyclic amines) is 1. The zero-order chi connectivity index (χ0) is 33.0. The van der Waals surface area contributed by atoms with E-state index in [2.05, 4.69) is 10.2 Å². The molecule has 246 valence electrons. The maximum Gasteiger partial charge on any atom is 0.412 e. The van der Waals surface area contributed by atoms with Crippen molar-refractivity contribution in [3.05, 3.63) is 90.0 Å². The molecule has 0 saturated carbocycles. The molecule has 0 spiro atoms. The molecular weight excluding hydrogens is 612 g/mol. The number of benzene rings is 3. The molecule has 9 heteroatoms. The second-order valence-electron chi connectivity index (χ2n) is 11.7. The molecule has 4 aromatic rings. The lowest BCUT2D eigenvalue weighted by atomic mass is 9.97. The Morgan fingerprint density at radius 1 is 0.936 bits per heavy atom. The maximum atomic E-state index is 14.0. The van der Waals surface area contributed by atoms with E-state index in [1.807, 2.05) is 31.2 Å². The first-order valence-electron chi connectivity index (χ1n) is 16.4. The van der Waals surface area contributed by atoms with E-state index in [0.717, 1.165) is 52.3 Å². The van der Waals surface area contributed by atoms with Gasteiger partial charge in [-0.05, 0) is 111 Å². The fraction of sp³-hybridized carbons (Fsp3) is 0.342. The predicted molar refractivity (Wildman–Crippen MR) is 187 cm³/mol.